The molecule has 2 atom stereocenters. The topological polar surface area (TPSA) is 71.6 Å². The molecule has 1 saturated heterocycles. The maximum Gasteiger partial charge on any atom is 0.291 e. The van der Waals surface area contributed by atoms with Crippen LogP contribution in [0.3, 0.4) is 0 Å². The molecule has 1 aliphatic heterocycles. The number of aryl methyl sites for hydroxylation is 1. The molecule has 1 fully saturated rings. The lowest BCUT2D eigenvalue weighted by Crippen LogP contribution is -2.40. The number of carbonyl (C=O) groups is 1. The molecule has 31 heavy (non-hydrogen) atoms. The zero-order chi connectivity index (χ0) is 22.1. The minimum Gasteiger partial charge on any atom is -0.354 e. The average Bonchev–Trinajstić information content (AvgIpc) is 3.08. The quantitative estimate of drug-likeness (QED) is 0.614. The zero-order valence-corrected chi connectivity index (χ0v) is 18.4. The van der Waals surface area contributed by atoms with Gasteiger partial charge in [0.25, 0.3) is 5.56 Å². The Morgan fingerprint density at radius 1 is 1.19 bits per heavy atom. The Labute approximate surface area is 180 Å². The highest BCUT2D eigenvalue weighted by Crippen LogP contribution is 2.21. The van der Waals surface area contributed by atoms with Gasteiger partial charge in [-0.2, -0.15) is 5.10 Å². The van der Waals surface area contributed by atoms with Crippen LogP contribution >= 0.6 is 0 Å². The Morgan fingerprint density at radius 3 is 2.68 bits per heavy atom. The van der Waals surface area contributed by atoms with Crippen LogP contribution in [0.15, 0.2) is 29.1 Å². The molecule has 3 heterocycles. The summed E-state index contributed by atoms with van der Waals surface area (Å²) in [4.78, 5) is 27.7. The van der Waals surface area contributed by atoms with E-state index in [0.29, 0.717) is 23.3 Å². The van der Waals surface area contributed by atoms with Crippen LogP contribution in [0.1, 0.15) is 32.5 Å². The number of benzene rings is 1. The number of halogens is 1. The molecule has 1 aliphatic rings. The van der Waals surface area contributed by atoms with Crippen LogP contribution in [0.2, 0.25) is 0 Å². The SMILES string of the molecule is Cc1nn(CC(=O)NCCCN2C[C@H](C)C[C@@H](C)C2)c(=O)c2cc3cc(F)ccc3n12. The molecule has 1 N–H and O–H groups in total. The van der Waals surface area contributed by atoms with Crippen LogP contribution < -0.4 is 10.9 Å². The molecule has 2 aromatic heterocycles. The number of hydrogen-bond acceptors (Lipinski definition) is 4. The van der Waals surface area contributed by atoms with E-state index in [0.717, 1.165) is 43.4 Å². The number of fused-ring (bicyclic) bond motifs is 3. The number of rotatable bonds is 6. The van der Waals surface area contributed by atoms with Crippen molar-refractivity contribution in [2.75, 3.05) is 26.2 Å². The maximum absolute atomic E-state index is 13.6. The van der Waals surface area contributed by atoms with E-state index in [-0.39, 0.29) is 23.8 Å². The first kappa shape index (κ1) is 21.5. The molecule has 8 heteroatoms. The van der Waals surface area contributed by atoms with Gasteiger partial charge in [-0.15, -0.1) is 0 Å². The summed E-state index contributed by atoms with van der Waals surface area (Å²) in [5.74, 6) is 1.41. The first-order valence-electron chi connectivity index (χ1n) is 11.0. The molecule has 7 nitrogen and oxygen atoms in total. The monoisotopic (exact) mass is 427 g/mol. The fraction of sp³-hybridized carbons (Fsp3) is 0.522. The molecule has 0 unspecified atom stereocenters. The van der Waals surface area contributed by atoms with Gasteiger partial charge in [-0.25, -0.2) is 9.07 Å². The summed E-state index contributed by atoms with van der Waals surface area (Å²) in [6.07, 6.45) is 2.16. The number of hydrogen-bond donors (Lipinski definition) is 1. The number of nitrogens with zero attached hydrogens (tertiary/aromatic N) is 4. The molecule has 4 rings (SSSR count). The molecule has 0 aliphatic carbocycles. The largest absolute Gasteiger partial charge is 0.354 e. The number of amides is 1. The number of carbonyl (C=O) groups excluding carboxylic acids is 1. The van der Waals surface area contributed by atoms with Gasteiger partial charge >= 0.3 is 0 Å². The molecular formula is C23H30FN5O2. The van der Waals surface area contributed by atoms with Gasteiger partial charge in [-0.1, -0.05) is 13.8 Å². The van der Waals surface area contributed by atoms with E-state index in [1.54, 1.807) is 23.5 Å². The van der Waals surface area contributed by atoms with Crippen LogP contribution in [0.4, 0.5) is 4.39 Å². The molecular weight excluding hydrogens is 397 g/mol. The Bertz CT molecular complexity index is 1160. The van der Waals surface area contributed by atoms with Crippen LogP contribution in [0.25, 0.3) is 16.4 Å². The number of nitrogens with one attached hydrogen (secondary N) is 1. The van der Waals surface area contributed by atoms with Crippen molar-refractivity contribution in [1.82, 2.24) is 24.4 Å². The van der Waals surface area contributed by atoms with Gasteiger partial charge in [0.05, 0.1) is 5.52 Å². The highest BCUT2D eigenvalue weighted by molar-refractivity contribution is 5.87. The molecule has 0 spiro atoms. The smallest absolute Gasteiger partial charge is 0.291 e. The van der Waals surface area contributed by atoms with Crippen LogP contribution in [-0.2, 0) is 11.3 Å². The van der Waals surface area contributed by atoms with Gasteiger partial charge < -0.3 is 10.2 Å². The average molecular weight is 428 g/mol. The van der Waals surface area contributed by atoms with Crippen molar-refractivity contribution in [3.63, 3.8) is 0 Å². The summed E-state index contributed by atoms with van der Waals surface area (Å²) in [7, 11) is 0. The highest BCUT2D eigenvalue weighted by atomic mass is 19.1. The van der Waals surface area contributed by atoms with E-state index in [2.05, 4.69) is 29.2 Å². The fourth-order valence-corrected chi connectivity index (χ4v) is 4.89. The molecule has 166 valence electrons. The van der Waals surface area contributed by atoms with Crippen molar-refractivity contribution in [3.05, 3.63) is 46.3 Å². The van der Waals surface area contributed by atoms with Crippen LogP contribution in [-0.4, -0.2) is 51.2 Å². The molecule has 0 saturated carbocycles. The van der Waals surface area contributed by atoms with E-state index in [4.69, 9.17) is 0 Å². The van der Waals surface area contributed by atoms with Crippen molar-refractivity contribution in [2.24, 2.45) is 11.8 Å². The Balaban J connectivity index is 1.39. The normalized spacial score (nSPS) is 19.9. The van der Waals surface area contributed by atoms with Gasteiger partial charge in [0.2, 0.25) is 5.91 Å². The second kappa shape index (κ2) is 8.78. The lowest BCUT2D eigenvalue weighted by atomic mass is 9.92. The first-order chi connectivity index (χ1) is 14.8. The van der Waals surface area contributed by atoms with E-state index in [1.807, 2.05) is 0 Å². The number of likely N-dealkylation sites (tertiary alicyclic amines) is 1. The predicted octanol–water partition coefficient (Wildman–Crippen LogP) is 2.58. The number of piperidine rings is 1. The Kier molecular flexibility index (Phi) is 6.09. The predicted molar refractivity (Wildman–Crippen MR) is 119 cm³/mol. The summed E-state index contributed by atoms with van der Waals surface area (Å²) in [6, 6.07) is 6.03. The summed E-state index contributed by atoms with van der Waals surface area (Å²) >= 11 is 0. The molecule has 1 aromatic carbocycles. The van der Waals surface area contributed by atoms with Crippen molar-refractivity contribution >= 4 is 22.3 Å². The second-order valence-electron chi connectivity index (χ2n) is 8.99. The van der Waals surface area contributed by atoms with Crippen molar-refractivity contribution in [3.8, 4) is 0 Å². The third-order valence-corrected chi connectivity index (χ3v) is 6.02. The first-order valence-corrected chi connectivity index (χ1v) is 11.0. The minimum atomic E-state index is -0.367. The zero-order valence-electron chi connectivity index (χ0n) is 18.4. The van der Waals surface area contributed by atoms with E-state index in [9.17, 15) is 14.0 Å². The summed E-state index contributed by atoms with van der Waals surface area (Å²) in [5.41, 5.74) is 0.735. The van der Waals surface area contributed by atoms with E-state index < -0.39 is 0 Å². The molecule has 0 radical (unpaired) electrons. The van der Waals surface area contributed by atoms with Gasteiger partial charge in [0, 0.05) is 25.0 Å². The van der Waals surface area contributed by atoms with Gasteiger partial charge in [-0.3, -0.25) is 14.0 Å². The van der Waals surface area contributed by atoms with Gasteiger partial charge in [0.15, 0.2) is 0 Å². The van der Waals surface area contributed by atoms with E-state index in [1.165, 1.54) is 23.2 Å². The molecule has 1 amide bonds. The third kappa shape index (κ3) is 4.63. The Morgan fingerprint density at radius 2 is 1.94 bits per heavy atom. The standard InChI is InChI=1S/C23H30FN5O2/c1-15-9-16(2)13-27(12-15)8-4-7-25-22(30)14-28-23(31)21-11-18-10-19(24)5-6-20(18)29(21)17(3)26-28/h5-6,10-11,15-16H,4,7-9,12-14H2,1-3H3,(H,25,30)/t15-,16-/m1/s1. The lowest BCUT2D eigenvalue weighted by Gasteiger charge is -2.34. The van der Waals surface area contributed by atoms with Crippen LogP contribution in [0, 0.1) is 24.6 Å². The number of aromatic nitrogens is 3. The van der Waals surface area contributed by atoms with Crippen molar-refractivity contribution in [2.45, 2.75) is 40.2 Å². The molecule has 3 aromatic rings. The summed E-state index contributed by atoms with van der Waals surface area (Å²) < 4.78 is 16.4. The lowest BCUT2D eigenvalue weighted by molar-refractivity contribution is -0.121. The maximum atomic E-state index is 13.6. The van der Waals surface area contributed by atoms with Crippen molar-refractivity contribution in [1.29, 1.82) is 0 Å². The van der Waals surface area contributed by atoms with Gasteiger partial charge in [0.1, 0.15) is 23.7 Å². The summed E-state index contributed by atoms with van der Waals surface area (Å²) in [5, 5.41) is 7.84. The van der Waals surface area contributed by atoms with E-state index >= 15 is 0 Å². The third-order valence-electron chi connectivity index (χ3n) is 6.02. The van der Waals surface area contributed by atoms with Gasteiger partial charge in [-0.05, 0) is 62.4 Å². The van der Waals surface area contributed by atoms with Crippen LogP contribution in [0.5, 0.6) is 0 Å². The molecule has 0 bridgehead atoms. The second-order valence-corrected chi connectivity index (χ2v) is 8.99. The van der Waals surface area contributed by atoms with Crippen molar-refractivity contribution < 1.29 is 9.18 Å². The Hall–Kier alpha value is -2.74. The highest BCUT2D eigenvalue weighted by Gasteiger charge is 2.21. The summed E-state index contributed by atoms with van der Waals surface area (Å²) in [6.45, 7) is 9.98. The minimum absolute atomic E-state index is 0.135. The fourth-order valence-electron chi connectivity index (χ4n) is 4.89.